The summed E-state index contributed by atoms with van der Waals surface area (Å²) in [5.41, 5.74) is -1.60. The van der Waals surface area contributed by atoms with Crippen molar-refractivity contribution in [1.29, 1.82) is 0 Å². The maximum absolute atomic E-state index is 13.5. The fraction of sp³-hybridized carbons (Fsp3) is 0.700. The van der Waals surface area contributed by atoms with Gasteiger partial charge in [0.2, 0.25) is 0 Å². The van der Waals surface area contributed by atoms with E-state index >= 15 is 0 Å². The molecule has 2 rings (SSSR count). The van der Waals surface area contributed by atoms with E-state index in [1.165, 1.54) is 76.7 Å². The molecule has 48 heavy (non-hydrogen) atoms. The number of aliphatic hydroxyl groups is 3. The highest BCUT2D eigenvalue weighted by Crippen LogP contribution is 2.39. The number of carbonyl (C=O) groups is 2. The number of carboxylic acid groups (broad SMARTS) is 2. The molecule has 0 amide bonds. The number of halogens is 1. The van der Waals surface area contributed by atoms with Crippen LogP contribution in [0, 0.1) is 23.7 Å². The lowest BCUT2D eigenvalue weighted by Gasteiger charge is -2.25. The lowest BCUT2D eigenvalue weighted by Crippen LogP contribution is -2.28. The van der Waals surface area contributed by atoms with Crippen molar-refractivity contribution in [3.63, 3.8) is 0 Å². The van der Waals surface area contributed by atoms with Gasteiger partial charge in [0, 0.05) is 31.3 Å². The number of carboxylic acids is 2. The van der Waals surface area contributed by atoms with Crippen LogP contribution >= 0.6 is 0 Å². The molecule has 0 bridgehead atoms. The number of rotatable bonds is 23. The molecular weight excluding hydrogens is 611 g/mol. The molecule has 2 fully saturated rings. The van der Waals surface area contributed by atoms with Crippen molar-refractivity contribution in [3.05, 3.63) is 61.0 Å². The smallest absolute Gasteiger partial charge is 0.328 e. The summed E-state index contributed by atoms with van der Waals surface area (Å²) in [4.78, 5) is 20.8. The van der Waals surface area contributed by atoms with Crippen LogP contribution in [0.25, 0.3) is 0 Å². The number of hydrogen-bond donors (Lipinski definition) is 5. The predicted molar refractivity (Wildman–Crippen MR) is 192 cm³/mol. The van der Waals surface area contributed by atoms with Crippen LogP contribution in [-0.4, -0.2) is 55.3 Å². The molecule has 0 heterocycles. The third-order valence-electron chi connectivity index (χ3n) is 9.93. The number of hydrogen-bond acceptors (Lipinski definition) is 5. The minimum Gasteiger partial charge on any atom is -0.481 e. The Morgan fingerprint density at radius 2 is 1.54 bits per heavy atom. The van der Waals surface area contributed by atoms with Crippen molar-refractivity contribution in [3.8, 4) is 0 Å². The second-order valence-corrected chi connectivity index (χ2v) is 13.8. The fourth-order valence-electron chi connectivity index (χ4n) is 7.15. The SMILES string of the molecule is C=C(F)C(O)(C/C=C/[C@@H]1[C@@H](C/C=C\CCC(=O)O)[C@@H](O)C[C@H]1O)CCC.CCCCCCCC[C@H]1CCC[C@@H]1CCC=CC=CC(=O)O. The van der Waals surface area contributed by atoms with Crippen molar-refractivity contribution >= 4 is 11.9 Å². The molecule has 8 heteroatoms. The van der Waals surface area contributed by atoms with Crippen LogP contribution in [0.2, 0.25) is 0 Å². The predicted octanol–water partition coefficient (Wildman–Crippen LogP) is 9.25. The summed E-state index contributed by atoms with van der Waals surface area (Å²) in [6.45, 7) is 7.34. The van der Waals surface area contributed by atoms with Gasteiger partial charge in [0.1, 0.15) is 11.4 Å². The first-order valence-electron chi connectivity index (χ1n) is 18.5. The van der Waals surface area contributed by atoms with Gasteiger partial charge in [-0.05, 0) is 49.9 Å². The molecule has 1 unspecified atom stereocenters. The average Bonchev–Trinajstić information content (AvgIpc) is 3.58. The van der Waals surface area contributed by atoms with E-state index in [4.69, 9.17) is 10.2 Å². The Morgan fingerprint density at radius 1 is 0.854 bits per heavy atom. The second-order valence-electron chi connectivity index (χ2n) is 13.8. The number of aliphatic hydroxyl groups excluding tert-OH is 2. The number of allylic oxidation sites excluding steroid dienone is 5. The molecule has 2 saturated carbocycles. The lowest BCUT2D eigenvalue weighted by molar-refractivity contribution is -0.137. The van der Waals surface area contributed by atoms with Gasteiger partial charge in [0.25, 0.3) is 0 Å². The first-order chi connectivity index (χ1) is 22.9. The summed E-state index contributed by atoms with van der Waals surface area (Å²) >= 11 is 0. The normalized spacial score (nSPS) is 25.6. The topological polar surface area (TPSA) is 135 Å². The van der Waals surface area contributed by atoms with Crippen molar-refractivity contribution in [2.24, 2.45) is 23.7 Å². The van der Waals surface area contributed by atoms with Crippen LogP contribution in [-0.2, 0) is 9.59 Å². The van der Waals surface area contributed by atoms with Crippen molar-refractivity contribution in [2.75, 3.05) is 0 Å². The number of unbranched alkanes of at least 4 members (excludes halogenated alkanes) is 5. The Balaban J connectivity index is 0.000000487. The summed E-state index contributed by atoms with van der Waals surface area (Å²) in [7, 11) is 0. The maximum Gasteiger partial charge on any atom is 0.328 e. The van der Waals surface area contributed by atoms with Gasteiger partial charge in [0.05, 0.1) is 12.2 Å². The van der Waals surface area contributed by atoms with Crippen LogP contribution in [0.5, 0.6) is 0 Å². The molecule has 274 valence electrons. The summed E-state index contributed by atoms with van der Waals surface area (Å²) < 4.78 is 13.5. The molecule has 7 nitrogen and oxygen atoms in total. The Morgan fingerprint density at radius 3 is 2.19 bits per heavy atom. The molecule has 0 radical (unpaired) electrons. The average molecular weight is 677 g/mol. The Hall–Kier alpha value is -2.55. The van der Waals surface area contributed by atoms with Crippen LogP contribution in [0.4, 0.5) is 4.39 Å². The maximum atomic E-state index is 13.5. The van der Waals surface area contributed by atoms with Gasteiger partial charge in [-0.1, -0.05) is 134 Å². The standard InChI is InChI=1S/C20H31FO5.C20H34O2/c1-3-11-20(26,14(2)21)12-7-9-16-15(17(22)13-18(16)23)8-5-4-6-10-19(24)25;1-2-3-4-5-6-9-13-18-15-12-16-19(18)14-10-7-8-11-17-20(21)22/h4-5,7,9,15-18,22-23,26H,2-3,6,8,10-13H2,1H3,(H,24,25);7-8,11,17-19H,2-6,9-10,12-16H2,1H3,(H,21,22)/b5-4-,9-7+;/t15-,16-,17+,18-,20?;18-,19-/m10/s1. The molecule has 0 spiro atoms. The van der Waals surface area contributed by atoms with Gasteiger partial charge in [-0.3, -0.25) is 4.79 Å². The van der Waals surface area contributed by atoms with Crippen molar-refractivity contribution in [2.45, 2.75) is 154 Å². The van der Waals surface area contributed by atoms with Crippen LogP contribution in [0.3, 0.4) is 0 Å². The van der Waals surface area contributed by atoms with Gasteiger partial charge in [0.15, 0.2) is 0 Å². The second kappa shape index (κ2) is 25.4. The van der Waals surface area contributed by atoms with Crippen molar-refractivity contribution < 1.29 is 39.5 Å². The minimum absolute atomic E-state index is 0.0544. The number of aliphatic carboxylic acids is 2. The van der Waals surface area contributed by atoms with E-state index < -0.39 is 35.6 Å². The van der Waals surface area contributed by atoms with Crippen molar-refractivity contribution in [1.82, 2.24) is 0 Å². The molecule has 0 aromatic rings. The first kappa shape index (κ1) is 43.5. The summed E-state index contributed by atoms with van der Waals surface area (Å²) in [5.74, 6) is -1.14. The molecule has 0 aliphatic heterocycles. The van der Waals surface area contributed by atoms with Gasteiger partial charge >= 0.3 is 11.9 Å². The zero-order valence-corrected chi connectivity index (χ0v) is 29.7. The van der Waals surface area contributed by atoms with Gasteiger partial charge < -0.3 is 25.5 Å². The molecule has 2 aliphatic carbocycles. The minimum atomic E-state index is -1.60. The Labute approximate surface area is 289 Å². The van der Waals surface area contributed by atoms with E-state index in [2.05, 4.69) is 19.6 Å². The van der Waals surface area contributed by atoms with E-state index in [1.54, 1.807) is 24.3 Å². The quantitative estimate of drug-likeness (QED) is 0.0315. The molecule has 0 saturated heterocycles. The van der Waals surface area contributed by atoms with Gasteiger partial charge in [-0.15, -0.1) is 0 Å². The van der Waals surface area contributed by atoms with E-state index in [0.29, 0.717) is 19.3 Å². The first-order valence-corrected chi connectivity index (χ1v) is 18.5. The molecular formula is C40H65FO7. The molecule has 7 atom stereocenters. The lowest BCUT2D eigenvalue weighted by atomic mass is 9.87. The van der Waals surface area contributed by atoms with Crippen LogP contribution < -0.4 is 0 Å². The molecule has 5 N–H and O–H groups in total. The zero-order valence-electron chi connectivity index (χ0n) is 29.7. The van der Waals surface area contributed by atoms with E-state index in [-0.39, 0.29) is 37.5 Å². The summed E-state index contributed by atoms with van der Waals surface area (Å²) in [5, 5.41) is 47.8. The Bertz CT molecular complexity index is 1030. The third kappa shape index (κ3) is 18.3. The van der Waals surface area contributed by atoms with Crippen LogP contribution in [0.15, 0.2) is 61.0 Å². The zero-order chi connectivity index (χ0) is 35.8. The summed E-state index contributed by atoms with van der Waals surface area (Å²) in [6, 6.07) is 0. The summed E-state index contributed by atoms with van der Waals surface area (Å²) in [6.07, 6.45) is 31.0. The highest BCUT2D eigenvalue weighted by atomic mass is 19.1. The van der Waals surface area contributed by atoms with E-state index in [0.717, 1.165) is 18.3 Å². The highest BCUT2D eigenvalue weighted by molar-refractivity contribution is 5.80. The van der Waals surface area contributed by atoms with E-state index in [1.807, 2.05) is 19.1 Å². The van der Waals surface area contributed by atoms with Gasteiger partial charge in [-0.25, -0.2) is 9.18 Å². The van der Waals surface area contributed by atoms with E-state index in [9.17, 15) is 29.3 Å². The molecule has 2 aliphatic rings. The van der Waals surface area contributed by atoms with Crippen LogP contribution in [0.1, 0.15) is 136 Å². The fourth-order valence-corrected chi connectivity index (χ4v) is 7.15. The monoisotopic (exact) mass is 676 g/mol. The Kier molecular flexibility index (Phi) is 23.0. The largest absolute Gasteiger partial charge is 0.481 e. The van der Waals surface area contributed by atoms with Gasteiger partial charge in [-0.2, -0.15) is 0 Å². The molecule has 0 aromatic heterocycles. The molecule has 0 aromatic carbocycles. The highest BCUT2D eigenvalue weighted by Gasteiger charge is 2.39. The third-order valence-corrected chi connectivity index (χ3v) is 9.93.